The summed E-state index contributed by atoms with van der Waals surface area (Å²) >= 11 is 6.21. The van der Waals surface area contributed by atoms with Gasteiger partial charge in [-0.2, -0.15) is 0 Å². The predicted octanol–water partition coefficient (Wildman–Crippen LogP) is 5.25. The van der Waals surface area contributed by atoms with Crippen LogP contribution in [0.2, 0.25) is 5.02 Å². The van der Waals surface area contributed by atoms with Crippen molar-refractivity contribution >= 4 is 11.6 Å². The van der Waals surface area contributed by atoms with Crippen LogP contribution in [0, 0.1) is 11.3 Å². The minimum atomic E-state index is 0.436. The Kier molecular flexibility index (Phi) is 5.51. The maximum Gasteiger partial charge on any atom is 0.0408 e. The highest BCUT2D eigenvalue weighted by atomic mass is 35.5. The number of hydrogen-bond donors (Lipinski definition) is 1. The van der Waals surface area contributed by atoms with Gasteiger partial charge in [-0.25, -0.2) is 0 Å². The molecule has 0 aromatic heterocycles. The minimum Gasteiger partial charge on any atom is -0.316 e. The Balaban J connectivity index is 2.31. The Bertz CT molecular complexity index is 431. The van der Waals surface area contributed by atoms with E-state index in [1.54, 1.807) is 0 Å². The Morgan fingerprint density at radius 3 is 2.85 bits per heavy atom. The topological polar surface area (TPSA) is 12.0 Å². The van der Waals surface area contributed by atoms with Gasteiger partial charge >= 0.3 is 0 Å². The van der Waals surface area contributed by atoms with Crippen LogP contribution in [0.15, 0.2) is 24.3 Å². The van der Waals surface area contributed by atoms with E-state index in [0.29, 0.717) is 11.3 Å². The molecule has 1 aliphatic rings. The van der Waals surface area contributed by atoms with Crippen molar-refractivity contribution in [2.75, 3.05) is 13.1 Å². The number of rotatable bonds is 5. The van der Waals surface area contributed by atoms with E-state index in [9.17, 15) is 0 Å². The maximum absolute atomic E-state index is 6.21. The lowest BCUT2D eigenvalue weighted by Gasteiger charge is -2.46. The Hall–Kier alpha value is -0.530. The average Bonchev–Trinajstić information content (AvgIpc) is 2.47. The molecule has 112 valence electrons. The van der Waals surface area contributed by atoms with Crippen molar-refractivity contribution in [1.82, 2.24) is 5.32 Å². The van der Waals surface area contributed by atoms with E-state index >= 15 is 0 Å². The molecule has 1 aromatic carbocycles. The molecule has 1 nitrogen and oxygen atoms in total. The van der Waals surface area contributed by atoms with Crippen molar-refractivity contribution in [3.8, 4) is 0 Å². The highest BCUT2D eigenvalue weighted by Gasteiger charge is 2.40. The lowest BCUT2D eigenvalue weighted by Crippen LogP contribution is -2.44. The van der Waals surface area contributed by atoms with Gasteiger partial charge in [0, 0.05) is 17.5 Å². The number of nitrogens with one attached hydrogen (secondary N) is 1. The smallest absolute Gasteiger partial charge is 0.0408 e. The van der Waals surface area contributed by atoms with Crippen LogP contribution >= 0.6 is 11.6 Å². The van der Waals surface area contributed by atoms with Crippen LogP contribution in [-0.2, 0) is 0 Å². The molecular weight excluding hydrogens is 266 g/mol. The zero-order valence-corrected chi connectivity index (χ0v) is 13.8. The molecular formula is C18H28ClN. The molecule has 0 aliphatic carbocycles. The number of benzene rings is 1. The molecule has 2 rings (SSSR count). The fraction of sp³-hybridized carbons (Fsp3) is 0.667. The van der Waals surface area contributed by atoms with Crippen LogP contribution in [0.1, 0.15) is 57.9 Å². The summed E-state index contributed by atoms with van der Waals surface area (Å²) in [5.41, 5.74) is 1.85. The quantitative estimate of drug-likeness (QED) is 0.782. The van der Waals surface area contributed by atoms with E-state index in [4.69, 9.17) is 11.6 Å². The monoisotopic (exact) mass is 293 g/mol. The van der Waals surface area contributed by atoms with Crippen molar-refractivity contribution in [2.45, 2.75) is 52.4 Å². The van der Waals surface area contributed by atoms with Crippen LogP contribution in [0.25, 0.3) is 0 Å². The Labute approximate surface area is 129 Å². The van der Waals surface area contributed by atoms with E-state index in [0.717, 1.165) is 24.0 Å². The third kappa shape index (κ3) is 3.38. The van der Waals surface area contributed by atoms with Crippen molar-refractivity contribution in [3.05, 3.63) is 34.9 Å². The zero-order chi connectivity index (χ0) is 14.6. The highest BCUT2D eigenvalue weighted by Crippen LogP contribution is 2.48. The Morgan fingerprint density at radius 1 is 1.40 bits per heavy atom. The van der Waals surface area contributed by atoms with Gasteiger partial charge in [0.05, 0.1) is 0 Å². The largest absolute Gasteiger partial charge is 0.316 e. The van der Waals surface area contributed by atoms with Gasteiger partial charge in [0.2, 0.25) is 0 Å². The van der Waals surface area contributed by atoms with Crippen molar-refractivity contribution in [3.63, 3.8) is 0 Å². The molecule has 1 aliphatic heterocycles. The first-order chi connectivity index (χ1) is 9.61. The summed E-state index contributed by atoms with van der Waals surface area (Å²) in [6, 6.07) is 8.49. The lowest BCUT2D eigenvalue weighted by molar-refractivity contribution is 0.116. The molecule has 1 N–H and O–H groups in total. The van der Waals surface area contributed by atoms with Gasteiger partial charge in [0.15, 0.2) is 0 Å². The molecule has 0 radical (unpaired) electrons. The number of halogens is 1. The first-order valence-corrected chi connectivity index (χ1v) is 8.45. The summed E-state index contributed by atoms with van der Waals surface area (Å²) in [5, 5.41) is 4.45. The van der Waals surface area contributed by atoms with Gasteiger partial charge in [-0.1, -0.05) is 50.9 Å². The fourth-order valence-corrected chi connectivity index (χ4v) is 4.02. The summed E-state index contributed by atoms with van der Waals surface area (Å²) in [5.74, 6) is 1.39. The molecule has 3 unspecified atom stereocenters. The number of hydrogen-bond acceptors (Lipinski definition) is 1. The SMILES string of the molecule is CCC(C)CC1(CC)CCNCC1c1cccc(Cl)c1. The molecule has 1 aromatic rings. The van der Waals surface area contributed by atoms with E-state index in [-0.39, 0.29) is 0 Å². The van der Waals surface area contributed by atoms with E-state index in [1.165, 1.54) is 31.2 Å². The Morgan fingerprint density at radius 2 is 2.20 bits per heavy atom. The number of piperidine rings is 1. The zero-order valence-electron chi connectivity index (χ0n) is 13.1. The normalized spacial score (nSPS) is 28.3. The molecule has 3 atom stereocenters. The maximum atomic E-state index is 6.21. The van der Waals surface area contributed by atoms with Crippen LogP contribution < -0.4 is 5.32 Å². The molecule has 0 spiro atoms. The highest BCUT2D eigenvalue weighted by molar-refractivity contribution is 6.30. The molecule has 0 saturated carbocycles. The molecule has 1 fully saturated rings. The van der Waals surface area contributed by atoms with Crippen molar-refractivity contribution in [2.24, 2.45) is 11.3 Å². The van der Waals surface area contributed by atoms with Crippen LogP contribution in [0.4, 0.5) is 0 Å². The van der Waals surface area contributed by atoms with Crippen LogP contribution in [-0.4, -0.2) is 13.1 Å². The van der Waals surface area contributed by atoms with Crippen LogP contribution in [0.5, 0.6) is 0 Å². The van der Waals surface area contributed by atoms with E-state index < -0.39 is 0 Å². The summed E-state index contributed by atoms with van der Waals surface area (Å²) in [7, 11) is 0. The van der Waals surface area contributed by atoms with Gasteiger partial charge in [-0.15, -0.1) is 0 Å². The first kappa shape index (κ1) is 15.9. The second-order valence-corrected chi connectivity index (χ2v) is 6.93. The molecule has 1 heterocycles. The lowest BCUT2D eigenvalue weighted by atomic mass is 9.62. The predicted molar refractivity (Wildman–Crippen MR) is 88.5 cm³/mol. The van der Waals surface area contributed by atoms with Gasteiger partial charge in [0.1, 0.15) is 0 Å². The molecule has 1 saturated heterocycles. The second kappa shape index (κ2) is 6.95. The minimum absolute atomic E-state index is 0.436. The molecule has 2 heteroatoms. The average molecular weight is 294 g/mol. The summed E-state index contributed by atoms with van der Waals surface area (Å²) in [6.45, 7) is 9.31. The fourth-order valence-electron chi connectivity index (χ4n) is 3.82. The standard InChI is InChI=1S/C18H28ClN/c1-4-14(3)12-18(5-2)9-10-20-13-17(18)15-7-6-8-16(19)11-15/h6-8,11,14,17,20H,4-5,9-10,12-13H2,1-3H3. The first-order valence-electron chi connectivity index (χ1n) is 8.07. The van der Waals surface area contributed by atoms with Gasteiger partial charge in [0.25, 0.3) is 0 Å². The van der Waals surface area contributed by atoms with Gasteiger partial charge < -0.3 is 5.32 Å². The third-order valence-electron chi connectivity index (χ3n) is 5.29. The summed E-state index contributed by atoms with van der Waals surface area (Å²) < 4.78 is 0. The molecule has 20 heavy (non-hydrogen) atoms. The van der Waals surface area contributed by atoms with Crippen molar-refractivity contribution in [1.29, 1.82) is 0 Å². The van der Waals surface area contributed by atoms with E-state index in [1.807, 2.05) is 6.07 Å². The second-order valence-electron chi connectivity index (χ2n) is 6.50. The van der Waals surface area contributed by atoms with Crippen molar-refractivity contribution < 1.29 is 0 Å². The summed E-state index contributed by atoms with van der Waals surface area (Å²) in [4.78, 5) is 0. The third-order valence-corrected chi connectivity index (χ3v) is 5.53. The molecule has 0 amide bonds. The van der Waals surface area contributed by atoms with Gasteiger partial charge in [-0.05, 0) is 54.8 Å². The van der Waals surface area contributed by atoms with Crippen LogP contribution in [0.3, 0.4) is 0 Å². The molecule has 0 bridgehead atoms. The summed E-state index contributed by atoms with van der Waals surface area (Å²) in [6.07, 6.45) is 5.15. The van der Waals surface area contributed by atoms with E-state index in [2.05, 4.69) is 44.3 Å². The van der Waals surface area contributed by atoms with Gasteiger partial charge in [-0.3, -0.25) is 0 Å².